The second-order valence-corrected chi connectivity index (χ2v) is 3.88. The van der Waals surface area contributed by atoms with Gasteiger partial charge in [0.15, 0.2) is 17.8 Å². The van der Waals surface area contributed by atoms with E-state index in [1.54, 1.807) is 0 Å². The first kappa shape index (κ1) is 13.2. The van der Waals surface area contributed by atoms with Gasteiger partial charge in [0, 0.05) is 10.5 Å². The van der Waals surface area contributed by atoms with Gasteiger partial charge in [0.25, 0.3) is 0 Å². The third-order valence-electron chi connectivity index (χ3n) is 2.72. The fourth-order valence-corrected chi connectivity index (χ4v) is 1.76. The lowest BCUT2D eigenvalue weighted by Gasteiger charge is -2.18. The SMILES string of the molecule is [N-]=[N+]=NCC(O)C(O)c1cc2c(cc1C=O)OCO2. The molecular formula is C11H11N3O5. The zero-order valence-electron chi connectivity index (χ0n) is 9.76. The number of azide groups is 1. The molecule has 2 atom stereocenters. The molecule has 1 aliphatic rings. The Morgan fingerprint density at radius 1 is 1.42 bits per heavy atom. The molecule has 2 unspecified atom stereocenters. The number of hydrogen-bond acceptors (Lipinski definition) is 6. The van der Waals surface area contributed by atoms with Crippen LogP contribution in [0.2, 0.25) is 0 Å². The minimum atomic E-state index is -1.36. The van der Waals surface area contributed by atoms with E-state index in [0.29, 0.717) is 17.8 Å². The highest BCUT2D eigenvalue weighted by Gasteiger charge is 2.25. The first-order valence-electron chi connectivity index (χ1n) is 5.43. The van der Waals surface area contributed by atoms with Crippen LogP contribution in [0.1, 0.15) is 22.0 Å². The van der Waals surface area contributed by atoms with Gasteiger partial charge in [-0.3, -0.25) is 4.79 Å². The van der Waals surface area contributed by atoms with Crippen LogP contribution in [0, 0.1) is 0 Å². The largest absolute Gasteiger partial charge is 0.454 e. The van der Waals surface area contributed by atoms with Crippen molar-refractivity contribution >= 4 is 6.29 Å². The average Bonchev–Trinajstić information content (AvgIpc) is 2.89. The van der Waals surface area contributed by atoms with Crippen molar-refractivity contribution in [2.45, 2.75) is 12.2 Å². The molecule has 1 heterocycles. The van der Waals surface area contributed by atoms with Crippen LogP contribution >= 0.6 is 0 Å². The number of nitrogens with zero attached hydrogens (tertiary/aromatic N) is 3. The summed E-state index contributed by atoms with van der Waals surface area (Å²) in [5.41, 5.74) is 8.54. The highest BCUT2D eigenvalue weighted by atomic mass is 16.7. The van der Waals surface area contributed by atoms with E-state index in [9.17, 15) is 15.0 Å². The first-order chi connectivity index (χ1) is 9.17. The topological polar surface area (TPSA) is 125 Å². The summed E-state index contributed by atoms with van der Waals surface area (Å²) in [4.78, 5) is 13.5. The third-order valence-corrected chi connectivity index (χ3v) is 2.72. The van der Waals surface area contributed by atoms with Crippen molar-refractivity contribution in [1.29, 1.82) is 0 Å². The minimum Gasteiger partial charge on any atom is -0.454 e. The summed E-state index contributed by atoms with van der Waals surface area (Å²) in [5.74, 6) is 0.790. The summed E-state index contributed by atoms with van der Waals surface area (Å²) in [7, 11) is 0. The molecule has 0 saturated carbocycles. The molecule has 19 heavy (non-hydrogen) atoms. The van der Waals surface area contributed by atoms with E-state index < -0.39 is 12.2 Å². The minimum absolute atomic E-state index is 0.0362. The summed E-state index contributed by atoms with van der Waals surface area (Å²) in [6.45, 7) is -0.265. The Labute approximate surface area is 107 Å². The fraction of sp³-hybridized carbons (Fsp3) is 0.364. The Hall–Kier alpha value is -2.28. The van der Waals surface area contributed by atoms with Crippen molar-refractivity contribution in [2.24, 2.45) is 5.11 Å². The Bertz CT molecular complexity index is 541. The van der Waals surface area contributed by atoms with Gasteiger partial charge in [0.2, 0.25) is 6.79 Å². The zero-order chi connectivity index (χ0) is 13.8. The van der Waals surface area contributed by atoms with Crippen LogP contribution in [0.5, 0.6) is 11.5 Å². The van der Waals surface area contributed by atoms with Gasteiger partial charge in [0.05, 0.1) is 12.6 Å². The van der Waals surface area contributed by atoms with Gasteiger partial charge in [-0.2, -0.15) is 0 Å². The predicted molar refractivity (Wildman–Crippen MR) is 62.9 cm³/mol. The lowest BCUT2D eigenvalue weighted by molar-refractivity contribution is 0.0239. The van der Waals surface area contributed by atoms with Crippen molar-refractivity contribution in [3.05, 3.63) is 33.7 Å². The molecule has 8 nitrogen and oxygen atoms in total. The monoisotopic (exact) mass is 265 g/mol. The highest BCUT2D eigenvalue weighted by Crippen LogP contribution is 2.37. The van der Waals surface area contributed by atoms with Crippen LogP contribution in [0.4, 0.5) is 0 Å². The van der Waals surface area contributed by atoms with Gasteiger partial charge in [-0.05, 0) is 23.2 Å². The van der Waals surface area contributed by atoms with Gasteiger partial charge in [-0.1, -0.05) is 5.11 Å². The van der Waals surface area contributed by atoms with Crippen LogP contribution in [-0.4, -0.2) is 35.9 Å². The maximum atomic E-state index is 11.0. The normalized spacial score (nSPS) is 15.5. The second-order valence-electron chi connectivity index (χ2n) is 3.88. The fourth-order valence-electron chi connectivity index (χ4n) is 1.76. The number of carbonyl (C=O) groups is 1. The number of carbonyl (C=O) groups excluding carboxylic acids is 1. The van der Waals surface area contributed by atoms with E-state index in [1.165, 1.54) is 12.1 Å². The molecule has 0 bridgehead atoms. The predicted octanol–water partition coefficient (Wildman–Crippen LogP) is 0.932. The number of benzene rings is 1. The average molecular weight is 265 g/mol. The Morgan fingerprint density at radius 3 is 2.74 bits per heavy atom. The Morgan fingerprint density at radius 2 is 2.11 bits per heavy atom. The molecule has 2 N–H and O–H groups in total. The summed E-state index contributed by atoms with van der Waals surface area (Å²) in [5, 5.41) is 22.8. The molecule has 0 aliphatic carbocycles. The van der Waals surface area contributed by atoms with Gasteiger partial charge >= 0.3 is 0 Å². The summed E-state index contributed by atoms with van der Waals surface area (Å²) in [6.07, 6.45) is -2.13. The smallest absolute Gasteiger partial charge is 0.231 e. The first-order valence-corrected chi connectivity index (χ1v) is 5.43. The molecule has 8 heteroatoms. The van der Waals surface area contributed by atoms with E-state index in [4.69, 9.17) is 15.0 Å². The van der Waals surface area contributed by atoms with Crippen molar-refractivity contribution in [3.63, 3.8) is 0 Å². The number of fused-ring (bicyclic) bond motifs is 1. The van der Waals surface area contributed by atoms with Gasteiger partial charge in [-0.25, -0.2) is 0 Å². The number of hydrogen-bond donors (Lipinski definition) is 2. The molecule has 0 aromatic heterocycles. The van der Waals surface area contributed by atoms with Crippen LogP contribution in [0.3, 0.4) is 0 Å². The third kappa shape index (κ3) is 2.60. The van der Waals surface area contributed by atoms with E-state index in [1.807, 2.05) is 0 Å². The molecule has 0 amide bonds. The van der Waals surface area contributed by atoms with Gasteiger partial charge in [-0.15, -0.1) is 0 Å². The second kappa shape index (κ2) is 5.57. The van der Waals surface area contributed by atoms with E-state index >= 15 is 0 Å². The van der Waals surface area contributed by atoms with E-state index in [2.05, 4.69) is 10.0 Å². The van der Waals surface area contributed by atoms with Gasteiger partial charge in [0.1, 0.15) is 6.10 Å². The molecule has 0 saturated heterocycles. The standard InChI is InChI=1S/C11H11N3O5/c12-14-13-3-8(16)11(17)7-2-10-9(18-5-19-10)1-6(7)4-15/h1-2,4,8,11,16-17H,3,5H2. The quantitative estimate of drug-likeness (QED) is 0.354. The van der Waals surface area contributed by atoms with Crippen molar-refractivity contribution in [3.8, 4) is 11.5 Å². The van der Waals surface area contributed by atoms with Crippen molar-refractivity contribution < 1.29 is 24.5 Å². The van der Waals surface area contributed by atoms with Crippen LogP contribution in [-0.2, 0) is 0 Å². The number of aldehydes is 1. The molecule has 1 aromatic carbocycles. The van der Waals surface area contributed by atoms with Crippen LogP contribution < -0.4 is 9.47 Å². The highest BCUT2D eigenvalue weighted by molar-refractivity contribution is 5.79. The lowest BCUT2D eigenvalue weighted by Crippen LogP contribution is -2.22. The van der Waals surface area contributed by atoms with Crippen LogP contribution in [0.15, 0.2) is 17.2 Å². The molecule has 2 rings (SSSR count). The lowest BCUT2D eigenvalue weighted by atomic mass is 9.98. The molecule has 100 valence electrons. The zero-order valence-corrected chi connectivity index (χ0v) is 9.76. The van der Waals surface area contributed by atoms with E-state index in [0.717, 1.165) is 0 Å². The van der Waals surface area contributed by atoms with Crippen molar-refractivity contribution in [2.75, 3.05) is 13.3 Å². The summed E-state index contributed by atoms with van der Waals surface area (Å²) >= 11 is 0. The number of aliphatic hydroxyl groups is 2. The molecule has 0 spiro atoms. The molecule has 0 radical (unpaired) electrons. The van der Waals surface area contributed by atoms with E-state index in [-0.39, 0.29) is 24.5 Å². The summed E-state index contributed by atoms with van der Waals surface area (Å²) in [6, 6.07) is 2.85. The van der Waals surface area contributed by atoms with Crippen LogP contribution in [0.25, 0.3) is 10.4 Å². The maximum Gasteiger partial charge on any atom is 0.231 e. The molecule has 1 aliphatic heterocycles. The molecule has 0 fully saturated rings. The Balaban J connectivity index is 2.32. The number of rotatable bonds is 5. The maximum absolute atomic E-state index is 11.0. The van der Waals surface area contributed by atoms with Gasteiger partial charge < -0.3 is 19.7 Å². The number of aliphatic hydroxyl groups excluding tert-OH is 2. The van der Waals surface area contributed by atoms with Crippen molar-refractivity contribution in [1.82, 2.24) is 0 Å². The molecular weight excluding hydrogens is 254 g/mol. The summed E-state index contributed by atoms with van der Waals surface area (Å²) < 4.78 is 10.2. The molecule has 1 aromatic rings. The number of ether oxygens (including phenoxy) is 2. The Kier molecular flexibility index (Phi) is 3.86.